The summed E-state index contributed by atoms with van der Waals surface area (Å²) >= 11 is 0. The highest BCUT2D eigenvalue weighted by Gasteiger charge is 2.43. The molecule has 1 aliphatic carbocycles. The van der Waals surface area contributed by atoms with E-state index in [2.05, 4.69) is 164 Å². The molecule has 284 valence electrons. The van der Waals surface area contributed by atoms with E-state index in [9.17, 15) is 0 Å². The highest BCUT2D eigenvalue weighted by atomic mass is 15.2. The topological polar surface area (TPSA) is 19.4 Å². The monoisotopic (exact) mass is 735 g/mol. The van der Waals surface area contributed by atoms with Gasteiger partial charge in [-0.05, 0) is 134 Å². The molecule has 6 aromatic rings. The molecule has 1 atom stereocenters. The van der Waals surface area contributed by atoms with Gasteiger partial charge in [0, 0.05) is 40.8 Å². The summed E-state index contributed by atoms with van der Waals surface area (Å²) in [5.74, 6) is 2.86. The minimum Gasteiger partial charge on any atom is -0.310 e. The molecule has 0 bridgehead atoms. The molecule has 0 radical (unpaired) electrons. The first-order valence-electron chi connectivity index (χ1n) is 20.9. The fraction of sp³-hybridized carbons (Fsp3) is 0.302. The molecule has 0 amide bonds. The number of terminal acetylenes is 1. The molecule has 3 heteroatoms. The van der Waals surface area contributed by atoms with Crippen LogP contribution in [0.4, 0.5) is 34.1 Å². The fourth-order valence-electron chi connectivity index (χ4n) is 9.29. The third-order valence-corrected chi connectivity index (χ3v) is 11.8. The van der Waals surface area contributed by atoms with Crippen molar-refractivity contribution in [3.8, 4) is 23.5 Å². The molecule has 7 rings (SSSR count). The van der Waals surface area contributed by atoms with Crippen LogP contribution in [0.25, 0.3) is 11.1 Å². The van der Waals surface area contributed by atoms with Gasteiger partial charge in [-0.15, -0.1) is 12.3 Å². The van der Waals surface area contributed by atoms with Crippen LogP contribution in [0.3, 0.4) is 0 Å². The lowest BCUT2D eigenvalue weighted by molar-refractivity contribution is 0.400. The molecule has 56 heavy (non-hydrogen) atoms. The highest BCUT2D eigenvalue weighted by molar-refractivity contribution is 5.89. The van der Waals surface area contributed by atoms with Crippen LogP contribution in [0.2, 0.25) is 0 Å². The molecule has 1 unspecified atom stereocenters. The maximum absolute atomic E-state index is 5.66. The highest BCUT2D eigenvalue weighted by Crippen LogP contribution is 2.57. The van der Waals surface area contributed by atoms with E-state index >= 15 is 0 Å². The molecule has 1 aromatic heterocycles. The summed E-state index contributed by atoms with van der Waals surface area (Å²) in [6.45, 7) is 9.03. The third kappa shape index (κ3) is 8.03. The molecule has 0 fully saturated rings. The second-order valence-corrected chi connectivity index (χ2v) is 15.8. The van der Waals surface area contributed by atoms with Gasteiger partial charge in [0.15, 0.2) is 0 Å². The zero-order chi connectivity index (χ0) is 38.9. The van der Waals surface area contributed by atoms with Gasteiger partial charge in [0.25, 0.3) is 0 Å². The number of benzene rings is 5. The second kappa shape index (κ2) is 17.9. The van der Waals surface area contributed by atoms with Crippen LogP contribution in [-0.4, -0.2) is 4.98 Å². The number of aryl methyl sites for hydroxylation is 3. The zero-order valence-electron chi connectivity index (χ0n) is 33.9. The van der Waals surface area contributed by atoms with Gasteiger partial charge < -0.3 is 9.80 Å². The fourth-order valence-corrected chi connectivity index (χ4v) is 9.29. The Hall–Kier alpha value is -5.59. The van der Waals surface area contributed by atoms with E-state index in [1.54, 1.807) is 0 Å². The SMILES string of the molecule is C#CCCCCCCC1(CCCCCC)c2cc(N(c3ccccc3)c3cccnc3)ccc2-c2ccc(N(c3ccccc3)c3c(C)cc(C)cc3C)cc21. The smallest absolute Gasteiger partial charge is 0.0644 e. The molecule has 0 aliphatic heterocycles. The largest absolute Gasteiger partial charge is 0.310 e. The van der Waals surface area contributed by atoms with Gasteiger partial charge in [0.1, 0.15) is 0 Å². The molecule has 0 N–H and O–H groups in total. The molecular weight excluding hydrogens is 679 g/mol. The molecular formula is C53H57N3. The van der Waals surface area contributed by atoms with Crippen molar-refractivity contribution in [1.29, 1.82) is 0 Å². The number of unbranched alkanes of at least 4 members (excludes halogenated alkanes) is 7. The first-order chi connectivity index (χ1) is 27.4. The van der Waals surface area contributed by atoms with Crippen LogP contribution in [0.15, 0.2) is 134 Å². The van der Waals surface area contributed by atoms with E-state index in [0.717, 1.165) is 43.5 Å². The average Bonchev–Trinajstić information content (AvgIpc) is 3.48. The Morgan fingerprint density at radius 1 is 0.554 bits per heavy atom. The Morgan fingerprint density at radius 3 is 1.64 bits per heavy atom. The van der Waals surface area contributed by atoms with Gasteiger partial charge in [0.05, 0.1) is 17.6 Å². The van der Waals surface area contributed by atoms with Crippen molar-refractivity contribution >= 4 is 34.1 Å². The normalized spacial score (nSPS) is 14.2. The van der Waals surface area contributed by atoms with Crippen molar-refractivity contribution in [3.63, 3.8) is 0 Å². The minimum atomic E-state index is -0.131. The lowest BCUT2D eigenvalue weighted by atomic mass is 9.70. The summed E-state index contributed by atoms with van der Waals surface area (Å²) in [4.78, 5) is 9.42. The number of hydrogen-bond donors (Lipinski definition) is 0. The van der Waals surface area contributed by atoms with E-state index in [-0.39, 0.29) is 5.41 Å². The van der Waals surface area contributed by atoms with Crippen LogP contribution in [0.5, 0.6) is 0 Å². The summed E-state index contributed by atoms with van der Waals surface area (Å²) in [6, 6.07) is 45.1. The van der Waals surface area contributed by atoms with E-state index in [1.165, 1.54) is 100 Å². The van der Waals surface area contributed by atoms with Gasteiger partial charge in [0.2, 0.25) is 0 Å². The average molecular weight is 736 g/mol. The standard InChI is InChI=1S/C53H57N3/c1-6-8-10-12-13-21-33-53(32-20-11-9-7-2)50-37-45(55(43-23-16-14-17-24-43)47-27-22-34-54-39-47)28-30-48(50)49-31-29-46(38-51(49)53)56(44-25-18-15-19-26-44)52-41(4)35-40(3)36-42(52)5/h1,14-19,22-31,34-39H,7-13,20-21,32-33H2,2-5H3. The van der Waals surface area contributed by atoms with Crippen molar-refractivity contribution in [3.05, 3.63) is 162 Å². The van der Waals surface area contributed by atoms with Crippen LogP contribution in [0.1, 0.15) is 105 Å². The summed E-state index contributed by atoms with van der Waals surface area (Å²) in [5, 5.41) is 0. The second-order valence-electron chi connectivity index (χ2n) is 15.8. The number of anilines is 6. The predicted molar refractivity (Wildman–Crippen MR) is 239 cm³/mol. The van der Waals surface area contributed by atoms with Crippen LogP contribution < -0.4 is 9.80 Å². The number of aromatic nitrogens is 1. The number of fused-ring (bicyclic) bond motifs is 3. The van der Waals surface area contributed by atoms with Crippen LogP contribution >= 0.6 is 0 Å². The maximum Gasteiger partial charge on any atom is 0.0644 e. The maximum atomic E-state index is 5.66. The zero-order valence-corrected chi connectivity index (χ0v) is 33.9. The quantitative estimate of drug-likeness (QED) is 0.0687. The Morgan fingerprint density at radius 2 is 1.09 bits per heavy atom. The summed E-state index contributed by atoms with van der Waals surface area (Å²) in [5.41, 5.74) is 16.4. The van der Waals surface area contributed by atoms with Crippen molar-refractivity contribution in [2.45, 2.75) is 104 Å². The molecule has 1 heterocycles. The number of nitrogens with zero attached hydrogens (tertiary/aromatic N) is 3. The third-order valence-electron chi connectivity index (χ3n) is 11.8. The Bertz CT molecular complexity index is 2190. The van der Waals surface area contributed by atoms with Gasteiger partial charge >= 0.3 is 0 Å². The molecule has 0 saturated heterocycles. The molecule has 0 spiro atoms. The lowest BCUT2D eigenvalue weighted by Crippen LogP contribution is -2.26. The molecule has 0 saturated carbocycles. The number of rotatable bonds is 17. The van der Waals surface area contributed by atoms with E-state index in [0.29, 0.717) is 0 Å². The van der Waals surface area contributed by atoms with E-state index in [4.69, 9.17) is 6.42 Å². The van der Waals surface area contributed by atoms with Gasteiger partial charge in [-0.2, -0.15) is 0 Å². The van der Waals surface area contributed by atoms with Gasteiger partial charge in [-0.25, -0.2) is 0 Å². The molecule has 1 aliphatic rings. The minimum absolute atomic E-state index is 0.131. The first kappa shape index (κ1) is 38.7. The Kier molecular flexibility index (Phi) is 12.4. The van der Waals surface area contributed by atoms with Crippen molar-refractivity contribution in [2.75, 3.05) is 9.80 Å². The van der Waals surface area contributed by atoms with Gasteiger partial charge in [-0.1, -0.05) is 118 Å². The molecule has 5 aromatic carbocycles. The summed E-state index contributed by atoms with van der Waals surface area (Å²) in [6.07, 6.45) is 22.1. The van der Waals surface area contributed by atoms with Crippen LogP contribution in [-0.2, 0) is 5.41 Å². The molecule has 3 nitrogen and oxygen atoms in total. The van der Waals surface area contributed by atoms with Crippen molar-refractivity contribution in [1.82, 2.24) is 4.98 Å². The summed E-state index contributed by atoms with van der Waals surface area (Å²) < 4.78 is 0. The lowest BCUT2D eigenvalue weighted by Gasteiger charge is -2.35. The predicted octanol–water partition coefficient (Wildman–Crippen LogP) is 15.2. The Balaban J connectivity index is 1.42. The van der Waals surface area contributed by atoms with E-state index < -0.39 is 0 Å². The number of hydrogen-bond acceptors (Lipinski definition) is 3. The van der Waals surface area contributed by atoms with Gasteiger partial charge in [-0.3, -0.25) is 4.98 Å². The van der Waals surface area contributed by atoms with E-state index in [1.807, 2.05) is 18.5 Å². The van der Waals surface area contributed by atoms with Crippen molar-refractivity contribution < 1.29 is 0 Å². The number of para-hydroxylation sites is 2. The number of pyridine rings is 1. The Labute approximate surface area is 336 Å². The summed E-state index contributed by atoms with van der Waals surface area (Å²) in [7, 11) is 0. The van der Waals surface area contributed by atoms with Crippen molar-refractivity contribution in [2.24, 2.45) is 0 Å². The first-order valence-corrected chi connectivity index (χ1v) is 20.9. The van der Waals surface area contributed by atoms with Crippen LogP contribution in [0, 0.1) is 33.1 Å².